The van der Waals surface area contributed by atoms with Crippen LogP contribution in [0.4, 0.5) is 0 Å². The van der Waals surface area contributed by atoms with Crippen LogP contribution in [-0.2, 0) is 0 Å². The third-order valence-corrected chi connectivity index (χ3v) is 1.10. The molecule has 1 aliphatic rings. The summed E-state index contributed by atoms with van der Waals surface area (Å²) in [6.07, 6.45) is 2.44. The number of piperidine rings is 1. The smallest absolute Gasteiger partial charge is 0.122 e. The Balaban J connectivity index is 2.45. The van der Waals surface area contributed by atoms with Crippen molar-refractivity contribution in [1.29, 1.82) is 10.8 Å². The zero-order chi connectivity index (χ0) is 5.98. The molecule has 1 fully saturated rings. The molecule has 0 aromatic rings. The summed E-state index contributed by atoms with van der Waals surface area (Å²) in [7, 11) is 0. The minimum atomic E-state index is 0.362. The Kier molecular flexibility index (Phi) is 1.28. The van der Waals surface area contributed by atoms with Gasteiger partial charge in [0.2, 0.25) is 0 Å². The average Bonchev–Trinajstić information content (AvgIpc) is 1.64. The Morgan fingerprint density at radius 1 is 1.12 bits per heavy atom. The molecule has 0 bridgehead atoms. The molecular weight excluding hydrogens is 102 g/mol. The first-order valence-electron chi connectivity index (χ1n) is 2.65. The van der Waals surface area contributed by atoms with Crippen molar-refractivity contribution in [3.8, 4) is 0 Å². The molecule has 1 saturated heterocycles. The normalized spacial score (nSPS) is 20.5. The first-order valence-corrected chi connectivity index (χ1v) is 2.65. The predicted octanol–water partition coefficient (Wildman–Crippen LogP) is 0.729. The van der Waals surface area contributed by atoms with Crippen LogP contribution >= 0.6 is 0 Å². The predicted molar refractivity (Wildman–Crippen MR) is 31.4 cm³/mol. The van der Waals surface area contributed by atoms with E-state index in [0.29, 0.717) is 11.7 Å². The molecule has 0 aromatic heterocycles. The fourth-order valence-corrected chi connectivity index (χ4v) is 0.698. The second-order valence-corrected chi connectivity index (χ2v) is 1.86. The van der Waals surface area contributed by atoms with Gasteiger partial charge in [0.15, 0.2) is 0 Å². The van der Waals surface area contributed by atoms with Gasteiger partial charge in [0.1, 0.15) is 11.7 Å². The molecule has 0 spiro atoms. The van der Waals surface area contributed by atoms with Crippen molar-refractivity contribution in [1.82, 2.24) is 5.32 Å². The monoisotopic (exact) mass is 110 g/mol. The zero-order valence-corrected chi connectivity index (χ0v) is 4.57. The molecule has 0 aromatic carbocycles. The second-order valence-electron chi connectivity index (χ2n) is 1.86. The molecule has 1 radical (unpaired) electrons. The van der Waals surface area contributed by atoms with Gasteiger partial charge in [0.25, 0.3) is 0 Å². The van der Waals surface area contributed by atoms with Gasteiger partial charge in [0, 0.05) is 12.8 Å². The van der Waals surface area contributed by atoms with Crippen LogP contribution in [0.25, 0.3) is 0 Å². The summed E-state index contributed by atoms with van der Waals surface area (Å²) in [6, 6.07) is 0. The van der Waals surface area contributed by atoms with Crippen LogP contribution in [0.1, 0.15) is 19.3 Å². The Morgan fingerprint density at radius 2 is 1.62 bits per heavy atom. The largest absolute Gasteiger partial charge is 0.287 e. The maximum atomic E-state index is 7.01. The highest BCUT2D eigenvalue weighted by Crippen LogP contribution is 2.02. The standard InChI is InChI=1S/C5H8N3/c6-4-2-1-3-5(7)8-4/h6-7H,1-3H2. The van der Waals surface area contributed by atoms with E-state index in [-0.39, 0.29) is 0 Å². The van der Waals surface area contributed by atoms with E-state index in [4.69, 9.17) is 10.8 Å². The van der Waals surface area contributed by atoms with Crippen LogP contribution in [0, 0.1) is 10.8 Å². The highest BCUT2D eigenvalue weighted by Gasteiger charge is 2.09. The van der Waals surface area contributed by atoms with Crippen molar-refractivity contribution in [3.63, 3.8) is 0 Å². The fraction of sp³-hybridized carbons (Fsp3) is 0.600. The summed E-state index contributed by atoms with van der Waals surface area (Å²) >= 11 is 0. The first kappa shape index (κ1) is 5.28. The molecule has 0 unspecified atom stereocenters. The van der Waals surface area contributed by atoms with E-state index in [0.717, 1.165) is 19.3 Å². The molecule has 0 atom stereocenters. The minimum absolute atomic E-state index is 0.362. The summed E-state index contributed by atoms with van der Waals surface area (Å²) in [6.45, 7) is 0. The molecule has 0 amide bonds. The average molecular weight is 110 g/mol. The fourth-order valence-electron chi connectivity index (χ4n) is 0.698. The lowest BCUT2D eigenvalue weighted by Crippen LogP contribution is -2.26. The highest BCUT2D eigenvalue weighted by atomic mass is 15.0. The molecule has 1 rings (SSSR count). The van der Waals surface area contributed by atoms with Crippen LogP contribution in [0.15, 0.2) is 0 Å². The van der Waals surface area contributed by atoms with E-state index >= 15 is 0 Å². The van der Waals surface area contributed by atoms with E-state index in [9.17, 15) is 0 Å². The maximum Gasteiger partial charge on any atom is 0.122 e. The van der Waals surface area contributed by atoms with Crippen LogP contribution in [0.2, 0.25) is 0 Å². The lowest BCUT2D eigenvalue weighted by Gasteiger charge is -2.10. The van der Waals surface area contributed by atoms with Gasteiger partial charge in [-0.3, -0.25) is 10.8 Å². The Morgan fingerprint density at radius 3 is 1.88 bits per heavy atom. The van der Waals surface area contributed by atoms with Gasteiger partial charge in [-0.2, -0.15) is 0 Å². The van der Waals surface area contributed by atoms with Gasteiger partial charge in [0.05, 0.1) is 0 Å². The first-order chi connectivity index (χ1) is 3.79. The number of nitrogens with zero attached hydrogens (tertiary/aromatic N) is 1. The molecule has 3 heteroatoms. The summed E-state index contributed by atoms with van der Waals surface area (Å²) < 4.78 is 0. The lowest BCUT2D eigenvalue weighted by molar-refractivity contribution is 0.832. The van der Waals surface area contributed by atoms with E-state index < -0.39 is 0 Å². The minimum Gasteiger partial charge on any atom is -0.287 e. The number of hydrogen-bond donors (Lipinski definition) is 2. The van der Waals surface area contributed by atoms with Gasteiger partial charge in [-0.1, -0.05) is 0 Å². The molecule has 0 aliphatic carbocycles. The quantitative estimate of drug-likeness (QED) is 0.461. The third kappa shape index (κ3) is 1.05. The Labute approximate surface area is 48.1 Å². The number of rotatable bonds is 0. The second kappa shape index (κ2) is 1.94. The number of amidine groups is 2. The Hall–Kier alpha value is -0.860. The van der Waals surface area contributed by atoms with Gasteiger partial charge in [-0.05, 0) is 6.42 Å². The van der Waals surface area contributed by atoms with Crippen molar-refractivity contribution >= 4 is 11.7 Å². The molecule has 1 heterocycles. The maximum absolute atomic E-state index is 7.01. The topological polar surface area (TPSA) is 61.8 Å². The van der Waals surface area contributed by atoms with E-state index in [1.807, 2.05) is 0 Å². The van der Waals surface area contributed by atoms with Crippen molar-refractivity contribution in [2.75, 3.05) is 0 Å². The van der Waals surface area contributed by atoms with E-state index in [2.05, 4.69) is 5.32 Å². The van der Waals surface area contributed by atoms with Gasteiger partial charge in [-0.25, -0.2) is 5.32 Å². The van der Waals surface area contributed by atoms with Gasteiger partial charge in [-0.15, -0.1) is 0 Å². The third-order valence-electron chi connectivity index (χ3n) is 1.10. The molecule has 1 aliphatic heterocycles. The van der Waals surface area contributed by atoms with E-state index in [1.165, 1.54) is 0 Å². The van der Waals surface area contributed by atoms with Crippen molar-refractivity contribution in [3.05, 3.63) is 0 Å². The number of hydrogen-bond acceptors (Lipinski definition) is 2. The molecule has 8 heavy (non-hydrogen) atoms. The highest BCUT2D eigenvalue weighted by molar-refractivity contribution is 5.99. The molecule has 2 N–H and O–H groups in total. The summed E-state index contributed by atoms with van der Waals surface area (Å²) in [5.74, 6) is 0.725. The molecule has 0 saturated carbocycles. The summed E-state index contributed by atoms with van der Waals surface area (Å²) in [5, 5.41) is 17.7. The van der Waals surface area contributed by atoms with Crippen molar-refractivity contribution < 1.29 is 0 Å². The number of nitrogens with one attached hydrogen (secondary N) is 2. The Bertz CT molecular complexity index is 114. The SMILES string of the molecule is N=C1CCCC(=N)[N]1. The summed E-state index contributed by atoms with van der Waals surface area (Å²) in [5.41, 5.74) is 0. The van der Waals surface area contributed by atoms with Crippen LogP contribution in [0.3, 0.4) is 0 Å². The zero-order valence-electron chi connectivity index (χ0n) is 4.57. The van der Waals surface area contributed by atoms with Gasteiger partial charge < -0.3 is 0 Å². The molecule has 43 valence electrons. The van der Waals surface area contributed by atoms with Crippen molar-refractivity contribution in [2.45, 2.75) is 19.3 Å². The van der Waals surface area contributed by atoms with Crippen LogP contribution in [0.5, 0.6) is 0 Å². The van der Waals surface area contributed by atoms with Crippen LogP contribution in [-0.4, -0.2) is 11.7 Å². The molecular formula is C5H8N3. The van der Waals surface area contributed by atoms with Crippen LogP contribution < -0.4 is 5.32 Å². The summed E-state index contributed by atoms with van der Waals surface area (Å²) in [4.78, 5) is 0. The van der Waals surface area contributed by atoms with Gasteiger partial charge >= 0.3 is 0 Å². The van der Waals surface area contributed by atoms with E-state index in [1.54, 1.807) is 0 Å². The lowest BCUT2D eigenvalue weighted by atomic mass is 10.1. The molecule has 3 nitrogen and oxygen atoms in total. The van der Waals surface area contributed by atoms with Crippen molar-refractivity contribution in [2.24, 2.45) is 0 Å².